The largest absolute Gasteiger partial charge is 0.490 e. The molecule has 1 amide bonds. The fraction of sp³-hybridized carbons (Fsp3) is 0.357. The predicted octanol–water partition coefficient (Wildman–Crippen LogP) is 2.16. The molecule has 1 atom stereocenters. The van der Waals surface area contributed by atoms with Gasteiger partial charge in [-0.25, -0.2) is 9.67 Å². The lowest BCUT2D eigenvalue weighted by Crippen LogP contribution is -2.24. The van der Waals surface area contributed by atoms with Gasteiger partial charge in [0.15, 0.2) is 0 Å². The van der Waals surface area contributed by atoms with Gasteiger partial charge in [0.1, 0.15) is 31.1 Å². The molecular formula is C14H17ClN4O3. The smallest absolute Gasteiger partial charge is 0.249 e. The number of hydrogen-bond donors (Lipinski definition) is 1. The van der Waals surface area contributed by atoms with Crippen LogP contribution in [0.5, 0.6) is 5.75 Å². The monoisotopic (exact) mass is 324 g/mol. The molecule has 2 aromatic rings. The summed E-state index contributed by atoms with van der Waals surface area (Å²) in [6.07, 6.45) is 2.87. The Balaban J connectivity index is 1.98. The summed E-state index contributed by atoms with van der Waals surface area (Å²) in [4.78, 5) is 15.9. The van der Waals surface area contributed by atoms with Crippen LogP contribution in [0.25, 0.3) is 0 Å². The first-order valence-electron chi connectivity index (χ1n) is 6.68. The van der Waals surface area contributed by atoms with Gasteiger partial charge in [-0.15, -0.1) is 0 Å². The maximum absolute atomic E-state index is 12.1. The number of nitrogens with one attached hydrogen (secondary N) is 1. The number of amides is 1. The van der Waals surface area contributed by atoms with Crippen molar-refractivity contribution < 1.29 is 14.3 Å². The number of methoxy groups -OCH3 is 1. The fourth-order valence-electron chi connectivity index (χ4n) is 1.71. The van der Waals surface area contributed by atoms with Crippen molar-refractivity contribution in [1.29, 1.82) is 0 Å². The van der Waals surface area contributed by atoms with E-state index < -0.39 is 6.04 Å². The molecular weight excluding hydrogens is 308 g/mol. The lowest BCUT2D eigenvalue weighted by Gasteiger charge is -2.13. The number of nitrogens with zero attached hydrogens (tertiary/aromatic N) is 3. The van der Waals surface area contributed by atoms with Crippen LogP contribution in [0.3, 0.4) is 0 Å². The molecule has 0 aliphatic heterocycles. The average Bonchev–Trinajstić information content (AvgIpc) is 3.03. The van der Waals surface area contributed by atoms with Gasteiger partial charge in [-0.05, 0) is 25.1 Å². The molecule has 0 unspecified atom stereocenters. The van der Waals surface area contributed by atoms with E-state index in [1.54, 1.807) is 32.2 Å². The van der Waals surface area contributed by atoms with Gasteiger partial charge in [-0.1, -0.05) is 11.6 Å². The Morgan fingerprint density at radius 3 is 2.91 bits per heavy atom. The van der Waals surface area contributed by atoms with Gasteiger partial charge in [0.2, 0.25) is 5.91 Å². The number of carbonyl (C=O) groups is 1. The lowest BCUT2D eigenvalue weighted by molar-refractivity contribution is -0.119. The number of rotatable bonds is 7. The van der Waals surface area contributed by atoms with Gasteiger partial charge in [0.25, 0.3) is 0 Å². The Bertz CT molecular complexity index is 619. The van der Waals surface area contributed by atoms with E-state index in [0.717, 1.165) is 0 Å². The number of carbonyl (C=O) groups excluding carboxylic acids is 1. The van der Waals surface area contributed by atoms with Crippen molar-refractivity contribution in [2.45, 2.75) is 13.0 Å². The highest BCUT2D eigenvalue weighted by molar-refractivity contribution is 6.32. The van der Waals surface area contributed by atoms with Crippen molar-refractivity contribution in [3.63, 3.8) is 0 Å². The summed E-state index contributed by atoms with van der Waals surface area (Å²) in [5, 5.41) is 7.13. The van der Waals surface area contributed by atoms with Crippen molar-refractivity contribution in [3.8, 4) is 5.75 Å². The van der Waals surface area contributed by atoms with Crippen molar-refractivity contribution in [2.75, 3.05) is 25.6 Å². The van der Waals surface area contributed by atoms with Gasteiger partial charge in [0.05, 0.1) is 11.6 Å². The van der Waals surface area contributed by atoms with E-state index in [4.69, 9.17) is 21.1 Å². The quantitative estimate of drug-likeness (QED) is 0.790. The maximum atomic E-state index is 12.1. The van der Waals surface area contributed by atoms with Crippen LogP contribution in [0.4, 0.5) is 5.69 Å². The second-order valence-electron chi connectivity index (χ2n) is 4.53. The van der Waals surface area contributed by atoms with Crippen LogP contribution in [0, 0.1) is 0 Å². The van der Waals surface area contributed by atoms with Gasteiger partial charge in [0, 0.05) is 12.8 Å². The molecule has 0 radical (unpaired) electrons. The molecule has 2 rings (SSSR count). The Hall–Kier alpha value is -2.12. The molecule has 1 N–H and O–H groups in total. The van der Waals surface area contributed by atoms with Crippen LogP contribution >= 0.6 is 11.6 Å². The third-order valence-electron chi connectivity index (χ3n) is 2.96. The SMILES string of the molecule is COCCOc1ccc(NC(=O)[C@H](C)n2cncn2)cc1Cl. The van der Waals surface area contributed by atoms with E-state index >= 15 is 0 Å². The fourth-order valence-corrected chi connectivity index (χ4v) is 1.95. The van der Waals surface area contributed by atoms with Gasteiger partial charge >= 0.3 is 0 Å². The van der Waals surface area contributed by atoms with E-state index in [9.17, 15) is 4.79 Å². The van der Waals surface area contributed by atoms with Crippen LogP contribution in [0.2, 0.25) is 5.02 Å². The van der Waals surface area contributed by atoms with E-state index in [-0.39, 0.29) is 5.91 Å². The molecule has 1 aromatic carbocycles. The second-order valence-corrected chi connectivity index (χ2v) is 4.93. The third-order valence-corrected chi connectivity index (χ3v) is 3.25. The van der Waals surface area contributed by atoms with E-state index in [1.165, 1.54) is 17.3 Å². The molecule has 0 saturated heterocycles. The maximum Gasteiger partial charge on any atom is 0.249 e. The number of halogens is 1. The standard InChI is InChI=1S/C14H17ClN4O3/c1-10(19-9-16-8-17-19)14(20)18-11-3-4-13(12(15)7-11)22-6-5-21-2/h3-4,7-10H,5-6H2,1-2H3,(H,18,20)/t10-/m0/s1. The second kappa shape index (κ2) is 7.77. The first kappa shape index (κ1) is 16.3. The van der Waals surface area contributed by atoms with Crippen LogP contribution < -0.4 is 10.1 Å². The van der Waals surface area contributed by atoms with Crippen molar-refractivity contribution in [2.24, 2.45) is 0 Å². The van der Waals surface area contributed by atoms with Crippen LogP contribution in [0.1, 0.15) is 13.0 Å². The molecule has 0 fully saturated rings. The molecule has 0 aliphatic rings. The number of ether oxygens (including phenoxy) is 2. The molecule has 1 aromatic heterocycles. The topological polar surface area (TPSA) is 78.3 Å². The van der Waals surface area contributed by atoms with Crippen LogP contribution in [-0.2, 0) is 9.53 Å². The molecule has 0 spiro atoms. The molecule has 0 saturated carbocycles. The molecule has 8 heteroatoms. The Kier molecular flexibility index (Phi) is 5.74. The zero-order valence-electron chi connectivity index (χ0n) is 12.3. The van der Waals surface area contributed by atoms with Crippen molar-refractivity contribution in [1.82, 2.24) is 14.8 Å². The summed E-state index contributed by atoms with van der Waals surface area (Å²) < 4.78 is 11.8. The number of benzene rings is 1. The molecule has 118 valence electrons. The van der Waals surface area contributed by atoms with Crippen LogP contribution in [-0.4, -0.2) is 41.0 Å². The Morgan fingerprint density at radius 2 is 2.27 bits per heavy atom. The minimum Gasteiger partial charge on any atom is -0.490 e. The summed E-state index contributed by atoms with van der Waals surface area (Å²) in [5.41, 5.74) is 0.584. The summed E-state index contributed by atoms with van der Waals surface area (Å²) in [6, 6.07) is 4.59. The summed E-state index contributed by atoms with van der Waals surface area (Å²) in [7, 11) is 1.60. The normalized spacial score (nSPS) is 12.0. The predicted molar refractivity (Wildman–Crippen MR) is 82.2 cm³/mol. The summed E-state index contributed by atoms with van der Waals surface area (Å²) in [6.45, 7) is 2.61. The number of aromatic nitrogens is 3. The summed E-state index contributed by atoms with van der Waals surface area (Å²) in [5.74, 6) is 0.329. The molecule has 1 heterocycles. The minimum atomic E-state index is -0.473. The van der Waals surface area contributed by atoms with E-state index in [0.29, 0.717) is 29.7 Å². The highest BCUT2D eigenvalue weighted by Crippen LogP contribution is 2.28. The zero-order chi connectivity index (χ0) is 15.9. The highest BCUT2D eigenvalue weighted by atomic mass is 35.5. The van der Waals surface area contributed by atoms with Gasteiger partial charge in [-0.2, -0.15) is 5.10 Å². The number of anilines is 1. The highest BCUT2D eigenvalue weighted by Gasteiger charge is 2.16. The molecule has 0 aliphatic carbocycles. The first-order chi connectivity index (χ1) is 10.6. The zero-order valence-corrected chi connectivity index (χ0v) is 13.1. The van der Waals surface area contributed by atoms with E-state index in [1.807, 2.05) is 0 Å². The van der Waals surface area contributed by atoms with Gasteiger partial charge < -0.3 is 14.8 Å². The molecule has 22 heavy (non-hydrogen) atoms. The molecule has 7 nitrogen and oxygen atoms in total. The molecule has 0 bridgehead atoms. The first-order valence-corrected chi connectivity index (χ1v) is 7.06. The average molecular weight is 325 g/mol. The Morgan fingerprint density at radius 1 is 1.45 bits per heavy atom. The minimum absolute atomic E-state index is 0.213. The van der Waals surface area contributed by atoms with Gasteiger partial charge in [-0.3, -0.25) is 4.79 Å². The van der Waals surface area contributed by atoms with Crippen molar-refractivity contribution in [3.05, 3.63) is 35.9 Å². The summed E-state index contributed by atoms with van der Waals surface area (Å²) >= 11 is 6.13. The number of hydrogen-bond acceptors (Lipinski definition) is 5. The van der Waals surface area contributed by atoms with E-state index in [2.05, 4.69) is 15.4 Å². The lowest BCUT2D eigenvalue weighted by atomic mass is 10.2. The Labute approximate surface area is 133 Å². The van der Waals surface area contributed by atoms with Crippen molar-refractivity contribution >= 4 is 23.2 Å². The van der Waals surface area contributed by atoms with Crippen LogP contribution in [0.15, 0.2) is 30.9 Å². The third kappa shape index (κ3) is 4.19.